The summed E-state index contributed by atoms with van der Waals surface area (Å²) >= 11 is 0. The molecule has 0 aromatic carbocycles. The van der Waals surface area contributed by atoms with Crippen LogP contribution in [0.25, 0.3) is 0 Å². The van der Waals surface area contributed by atoms with Crippen molar-refractivity contribution < 1.29 is 4.79 Å². The molecular formula is C15H29N3O. The van der Waals surface area contributed by atoms with Gasteiger partial charge < -0.3 is 16.0 Å². The number of carbonyl (C=O) groups is 1. The van der Waals surface area contributed by atoms with E-state index in [9.17, 15) is 4.79 Å². The van der Waals surface area contributed by atoms with Crippen LogP contribution in [-0.2, 0) is 4.79 Å². The van der Waals surface area contributed by atoms with E-state index in [4.69, 9.17) is 5.73 Å². The van der Waals surface area contributed by atoms with Crippen LogP contribution in [0.5, 0.6) is 0 Å². The predicted octanol–water partition coefficient (Wildman–Crippen LogP) is 1.49. The van der Waals surface area contributed by atoms with Crippen molar-refractivity contribution in [3.63, 3.8) is 0 Å². The molecule has 1 aliphatic carbocycles. The van der Waals surface area contributed by atoms with Gasteiger partial charge in [-0.3, -0.25) is 4.79 Å². The van der Waals surface area contributed by atoms with Gasteiger partial charge in [0.1, 0.15) is 0 Å². The maximum atomic E-state index is 12.0. The second-order valence-electron chi connectivity index (χ2n) is 6.23. The molecule has 1 saturated heterocycles. The third-order valence-electron chi connectivity index (χ3n) is 4.77. The summed E-state index contributed by atoms with van der Waals surface area (Å²) in [5, 5.41) is 3.06. The molecule has 4 heteroatoms. The van der Waals surface area contributed by atoms with E-state index in [-0.39, 0.29) is 17.9 Å². The van der Waals surface area contributed by atoms with Crippen molar-refractivity contribution in [3.05, 3.63) is 0 Å². The number of hydrogen-bond acceptors (Lipinski definition) is 3. The number of carbonyl (C=O) groups excluding carboxylic acids is 1. The zero-order valence-corrected chi connectivity index (χ0v) is 12.2. The summed E-state index contributed by atoms with van der Waals surface area (Å²) in [4.78, 5) is 14.5. The molecule has 0 spiro atoms. The Labute approximate surface area is 117 Å². The van der Waals surface area contributed by atoms with Gasteiger partial charge in [0.05, 0.1) is 5.92 Å². The normalized spacial score (nSPS) is 32.4. The minimum atomic E-state index is 0.0638. The van der Waals surface area contributed by atoms with Crippen LogP contribution in [-0.4, -0.2) is 42.5 Å². The molecule has 3 unspecified atom stereocenters. The van der Waals surface area contributed by atoms with Crippen molar-refractivity contribution in [3.8, 4) is 0 Å². The van der Waals surface area contributed by atoms with Crippen LogP contribution in [0.2, 0.25) is 0 Å². The number of nitrogens with zero attached hydrogens (tertiary/aromatic N) is 1. The highest BCUT2D eigenvalue weighted by atomic mass is 16.1. The minimum absolute atomic E-state index is 0.0638. The predicted molar refractivity (Wildman–Crippen MR) is 77.8 cm³/mol. The lowest BCUT2D eigenvalue weighted by atomic mass is 10.0. The van der Waals surface area contributed by atoms with Crippen molar-refractivity contribution in [2.24, 2.45) is 11.7 Å². The van der Waals surface area contributed by atoms with Crippen LogP contribution in [0, 0.1) is 5.92 Å². The van der Waals surface area contributed by atoms with Crippen molar-refractivity contribution in [1.82, 2.24) is 10.2 Å². The van der Waals surface area contributed by atoms with Crippen molar-refractivity contribution in [1.29, 1.82) is 0 Å². The molecule has 2 rings (SSSR count). The Hall–Kier alpha value is -0.610. The van der Waals surface area contributed by atoms with Gasteiger partial charge in [-0.1, -0.05) is 12.8 Å². The molecule has 1 saturated carbocycles. The number of nitrogens with one attached hydrogen (secondary N) is 1. The topological polar surface area (TPSA) is 58.4 Å². The summed E-state index contributed by atoms with van der Waals surface area (Å²) in [6.07, 6.45) is 8.15. The number of likely N-dealkylation sites (tertiary alicyclic amines) is 1. The molecule has 2 aliphatic rings. The molecule has 3 atom stereocenters. The molecule has 0 aromatic heterocycles. The van der Waals surface area contributed by atoms with E-state index in [2.05, 4.69) is 17.1 Å². The van der Waals surface area contributed by atoms with E-state index in [1.165, 1.54) is 25.8 Å². The van der Waals surface area contributed by atoms with E-state index >= 15 is 0 Å². The van der Waals surface area contributed by atoms with Crippen LogP contribution in [0.3, 0.4) is 0 Å². The monoisotopic (exact) mass is 267 g/mol. The van der Waals surface area contributed by atoms with Gasteiger partial charge in [-0.25, -0.2) is 0 Å². The van der Waals surface area contributed by atoms with Gasteiger partial charge in [-0.05, 0) is 45.6 Å². The van der Waals surface area contributed by atoms with Gasteiger partial charge in [0, 0.05) is 25.2 Å². The van der Waals surface area contributed by atoms with Crippen molar-refractivity contribution in [2.75, 3.05) is 19.6 Å². The van der Waals surface area contributed by atoms with Crippen LogP contribution in [0.15, 0.2) is 0 Å². The fourth-order valence-corrected chi connectivity index (χ4v) is 3.43. The van der Waals surface area contributed by atoms with Crippen LogP contribution in [0.1, 0.15) is 51.9 Å². The second kappa shape index (κ2) is 7.25. The molecule has 0 bridgehead atoms. The molecule has 2 fully saturated rings. The fraction of sp³-hybridized carbons (Fsp3) is 0.933. The maximum absolute atomic E-state index is 12.0. The third-order valence-corrected chi connectivity index (χ3v) is 4.77. The second-order valence-corrected chi connectivity index (χ2v) is 6.23. The molecule has 110 valence electrons. The van der Waals surface area contributed by atoms with Gasteiger partial charge in [0.15, 0.2) is 0 Å². The number of piperidine rings is 1. The molecule has 0 aromatic rings. The largest absolute Gasteiger partial charge is 0.356 e. The Bertz CT molecular complexity index is 295. The van der Waals surface area contributed by atoms with Gasteiger partial charge in [0.25, 0.3) is 0 Å². The van der Waals surface area contributed by atoms with E-state index in [1.807, 2.05) is 0 Å². The number of rotatable bonds is 5. The van der Waals surface area contributed by atoms with Crippen LogP contribution < -0.4 is 11.1 Å². The highest BCUT2D eigenvalue weighted by Gasteiger charge is 2.29. The van der Waals surface area contributed by atoms with Crippen LogP contribution >= 0.6 is 0 Å². The standard InChI is InChI=1S/C15H29N3O/c1-12-6-2-3-10-18(12)11-5-9-17-15(19)13-7-4-8-14(13)16/h12-14H,2-11,16H2,1H3,(H,17,19). The van der Waals surface area contributed by atoms with Gasteiger partial charge in [0.2, 0.25) is 5.91 Å². The Kier molecular flexibility index (Phi) is 5.64. The number of nitrogens with two attached hydrogens (primary N) is 1. The average molecular weight is 267 g/mol. The smallest absolute Gasteiger partial charge is 0.224 e. The lowest BCUT2D eigenvalue weighted by Crippen LogP contribution is -2.41. The molecule has 19 heavy (non-hydrogen) atoms. The first kappa shape index (κ1) is 14.8. The average Bonchev–Trinajstić information content (AvgIpc) is 2.82. The van der Waals surface area contributed by atoms with Crippen LogP contribution in [0.4, 0.5) is 0 Å². The Morgan fingerprint density at radius 2 is 2.11 bits per heavy atom. The molecule has 3 N–H and O–H groups in total. The summed E-state index contributed by atoms with van der Waals surface area (Å²) in [7, 11) is 0. The fourth-order valence-electron chi connectivity index (χ4n) is 3.43. The molecule has 1 aliphatic heterocycles. The highest BCUT2D eigenvalue weighted by molar-refractivity contribution is 5.79. The minimum Gasteiger partial charge on any atom is -0.356 e. The Morgan fingerprint density at radius 1 is 1.26 bits per heavy atom. The van der Waals surface area contributed by atoms with E-state index in [1.54, 1.807) is 0 Å². The highest BCUT2D eigenvalue weighted by Crippen LogP contribution is 2.23. The first-order chi connectivity index (χ1) is 9.18. The summed E-state index contributed by atoms with van der Waals surface area (Å²) in [5.74, 6) is 0.241. The summed E-state index contributed by atoms with van der Waals surface area (Å²) in [6.45, 7) is 5.45. The van der Waals surface area contributed by atoms with E-state index < -0.39 is 0 Å². The number of amides is 1. The summed E-state index contributed by atoms with van der Waals surface area (Å²) in [6, 6.07) is 0.801. The summed E-state index contributed by atoms with van der Waals surface area (Å²) < 4.78 is 0. The van der Waals surface area contributed by atoms with Gasteiger partial charge in [-0.15, -0.1) is 0 Å². The quantitative estimate of drug-likeness (QED) is 0.742. The molecular weight excluding hydrogens is 238 g/mol. The lowest BCUT2D eigenvalue weighted by molar-refractivity contribution is -0.125. The molecule has 0 radical (unpaired) electrons. The zero-order chi connectivity index (χ0) is 13.7. The third kappa shape index (κ3) is 4.18. The molecule has 1 amide bonds. The number of hydrogen-bond donors (Lipinski definition) is 2. The maximum Gasteiger partial charge on any atom is 0.224 e. The summed E-state index contributed by atoms with van der Waals surface area (Å²) in [5.41, 5.74) is 5.95. The Balaban J connectivity index is 1.59. The zero-order valence-electron chi connectivity index (χ0n) is 12.2. The van der Waals surface area contributed by atoms with E-state index in [0.717, 1.165) is 38.8 Å². The first-order valence-electron chi connectivity index (χ1n) is 7.96. The van der Waals surface area contributed by atoms with Crippen molar-refractivity contribution >= 4 is 5.91 Å². The first-order valence-corrected chi connectivity index (χ1v) is 7.96. The van der Waals surface area contributed by atoms with E-state index in [0.29, 0.717) is 6.04 Å². The molecule has 1 heterocycles. The molecule has 4 nitrogen and oxygen atoms in total. The van der Waals surface area contributed by atoms with Gasteiger partial charge in [-0.2, -0.15) is 0 Å². The Morgan fingerprint density at radius 3 is 2.79 bits per heavy atom. The SMILES string of the molecule is CC1CCCCN1CCCNC(=O)C1CCCC1N. The lowest BCUT2D eigenvalue weighted by Gasteiger charge is -2.33. The van der Waals surface area contributed by atoms with Crippen molar-refractivity contribution in [2.45, 2.75) is 64.0 Å². The van der Waals surface area contributed by atoms with Gasteiger partial charge >= 0.3 is 0 Å².